The average Bonchev–Trinajstić information content (AvgIpc) is 3.21. The Kier molecular flexibility index (Phi) is 6.79. The summed E-state index contributed by atoms with van der Waals surface area (Å²) in [6.07, 6.45) is 0.878. The van der Waals surface area contributed by atoms with Crippen LogP contribution in [0.3, 0.4) is 0 Å². The van der Waals surface area contributed by atoms with E-state index in [2.05, 4.69) is 4.90 Å². The molecule has 1 amide bonds. The van der Waals surface area contributed by atoms with Gasteiger partial charge in [-0.25, -0.2) is 4.98 Å². The number of amides is 1. The van der Waals surface area contributed by atoms with Crippen molar-refractivity contribution in [3.63, 3.8) is 0 Å². The van der Waals surface area contributed by atoms with Gasteiger partial charge >= 0.3 is 0 Å². The van der Waals surface area contributed by atoms with Gasteiger partial charge in [0.15, 0.2) is 5.13 Å². The smallest absolute Gasteiger partial charge is 0.260 e. The van der Waals surface area contributed by atoms with E-state index in [4.69, 9.17) is 9.72 Å². The lowest BCUT2D eigenvalue weighted by atomic mass is 10.2. The molecule has 0 aliphatic heterocycles. The van der Waals surface area contributed by atoms with Gasteiger partial charge in [-0.15, -0.1) is 11.3 Å². The normalized spacial score (nSPS) is 10.9. The molecular weight excluding hydrogens is 370 g/mol. The minimum Gasteiger partial charge on any atom is -0.497 e. The summed E-state index contributed by atoms with van der Waals surface area (Å²) in [5.74, 6) is 0.791. The van der Waals surface area contributed by atoms with Crippen molar-refractivity contribution in [2.45, 2.75) is 6.42 Å². The van der Waals surface area contributed by atoms with Gasteiger partial charge in [0, 0.05) is 23.1 Å². The van der Waals surface area contributed by atoms with E-state index in [-0.39, 0.29) is 5.91 Å². The number of thiazole rings is 1. The van der Waals surface area contributed by atoms with Gasteiger partial charge in [0.1, 0.15) is 5.75 Å². The molecule has 0 radical (unpaired) electrons. The zero-order valence-electron chi connectivity index (χ0n) is 16.5. The summed E-state index contributed by atoms with van der Waals surface area (Å²) < 4.78 is 5.22. The second-order valence-corrected chi connectivity index (χ2v) is 7.56. The monoisotopic (exact) mass is 395 g/mol. The highest BCUT2D eigenvalue weighted by Gasteiger charge is 2.20. The first-order valence-corrected chi connectivity index (χ1v) is 10.1. The molecule has 0 atom stereocenters. The fourth-order valence-corrected chi connectivity index (χ4v) is 3.71. The number of benzene rings is 2. The zero-order chi connectivity index (χ0) is 19.9. The number of anilines is 1. The maximum atomic E-state index is 13.1. The molecule has 3 aromatic rings. The molecule has 3 rings (SSSR count). The molecule has 0 N–H and O–H groups in total. The summed E-state index contributed by atoms with van der Waals surface area (Å²) in [5, 5.41) is 2.72. The lowest BCUT2D eigenvalue weighted by Gasteiger charge is -2.21. The van der Waals surface area contributed by atoms with Crippen molar-refractivity contribution in [3.8, 4) is 17.0 Å². The van der Waals surface area contributed by atoms with Gasteiger partial charge in [-0.2, -0.15) is 0 Å². The number of nitrogens with zero attached hydrogens (tertiary/aromatic N) is 3. The van der Waals surface area contributed by atoms with Crippen LogP contribution in [0.1, 0.15) is 16.8 Å². The zero-order valence-corrected chi connectivity index (χ0v) is 17.3. The molecule has 0 bridgehead atoms. The molecule has 5 nitrogen and oxygen atoms in total. The Morgan fingerprint density at radius 2 is 1.75 bits per heavy atom. The molecule has 0 spiro atoms. The van der Waals surface area contributed by atoms with Crippen LogP contribution in [0.4, 0.5) is 5.13 Å². The molecule has 0 fully saturated rings. The summed E-state index contributed by atoms with van der Waals surface area (Å²) in [4.78, 5) is 21.8. The van der Waals surface area contributed by atoms with Crippen LogP contribution in [-0.4, -0.2) is 50.1 Å². The van der Waals surface area contributed by atoms with Crippen LogP contribution in [-0.2, 0) is 0 Å². The van der Waals surface area contributed by atoms with Crippen LogP contribution in [0, 0.1) is 0 Å². The Balaban J connectivity index is 1.85. The van der Waals surface area contributed by atoms with Crippen molar-refractivity contribution < 1.29 is 9.53 Å². The van der Waals surface area contributed by atoms with Gasteiger partial charge in [-0.1, -0.05) is 18.2 Å². The fraction of sp³-hybridized carbons (Fsp3) is 0.273. The third-order valence-corrected chi connectivity index (χ3v) is 5.23. The summed E-state index contributed by atoms with van der Waals surface area (Å²) in [5.41, 5.74) is 2.54. The molecule has 0 aliphatic rings. The Morgan fingerprint density at radius 3 is 2.39 bits per heavy atom. The Morgan fingerprint density at radius 1 is 1.04 bits per heavy atom. The van der Waals surface area contributed by atoms with Crippen LogP contribution in [0.25, 0.3) is 11.3 Å². The lowest BCUT2D eigenvalue weighted by Crippen LogP contribution is -2.33. The minimum absolute atomic E-state index is 0.0185. The lowest BCUT2D eigenvalue weighted by molar-refractivity contribution is 0.0986. The second-order valence-electron chi connectivity index (χ2n) is 6.72. The molecular formula is C22H25N3O2S. The van der Waals surface area contributed by atoms with E-state index in [1.54, 1.807) is 12.0 Å². The number of ether oxygens (including phenoxy) is 1. The number of carbonyl (C=O) groups excluding carboxylic acids is 1. The van der Waals surface area contributed by atoms with Gasteiger partial charge in [-0.05, 0) is 63.5 Å². The van der Waals surface area contributed by atoms with E-state index in [0.717, 1.165) is 35.1 Å². The quantitative estimate of drug-likeness (QED) is 0.566. The molecule has 1 heterocycles. The molecule has 0 saturated carbocycles. The topological polar surface area (TPSA) is 45.7 Å². The Labute approximate surface area is 170 Å². The van der Waals surface area contributed by atoms with Gasteiger partial charge in [0.25, 0.3) is 5.91 Å². The Bertz CT molecular complexity index is 892. The van der Waals surface area contributed by atoms with Crippen molar-refractivity contribution in [1.29, 1.82) is 0 Å². The SMILES string of the molecule is COc1ccc(-c2csc(N(CCCN(C)C)C(=O)c3ccccc3)n2)cc1. The highest BCUT2D eigenvalue weighted by atomic mass is 32.1. The maximum absolute atomic E-state index is 13.1. The van der Waals surface area contributed by atoms with Crippen LogP contribution < -0.4 is 9.64 Å². The van der Waals surface area contributed by atoms with E-state index in [1.165, 1.54) is 11.3 Å². The van der Waals surface area contributed by atoms with E-state index in [9.17, 15) is 4.79 Å². The summed E-state index contributed by atoms with van der Waals surface area (Å²) in [7, 11) is 5.72. The van der Waals surface area contributed by atoms with Crippen molar-refractivity contribution >= 4 is 22.4 Å². The van der Waals surface area contributed by atoms with Gasteiger partial charge in [-0.3, -0.25) is 9.69 Å². The molecule has 0 saturated heterocycles. The summed E-state index contributed by atoms with van der Waals surface area (Å²) in [6.45, 7) is 1.54. The van der Waals surface area contributed by atoms with Gasteiger partial charge < -0.3 is 9.64 Å². The number of carbonyl (C=O) groups is 1. The molecule has 1 aromatic heterocycles. The van der Waals surface area contributed by atoms with Crippen LogP contribution in [0.5, 0.6) is 5.75 Å². The van der Waals surface area contributed by atoms with E-state index < -0.39 is 0 Å². The molecule has 28 heavy (non-hydrogen) atoms. The first-order chi connectivity index (χ1) is 13.6. The van der Waals surface area contributed by atoms with Crippen LogP contribution in [0.2, 0.25) is 0 Å². The highest BCUT2D eigenvalue weighted by molar-refractivity contribution is 7.14. The average molecular weight is 396 g/mol. The predicted molar refractivity (Wildman–Crippen MR) is 115 cm³/mol. The van der Waals surface area contributed by atoms with Crippen molar-refractivity contribution in [1.82, 2.24) is 9.88 Å². The van der Waals surface area contributed by atoms with E-state index in [1.807, 2.05) is 74.1 Å². The van der Waals surface area contributed by atoms with E-state index >= 15 is 0 Å². The summed E-state index contributed by atoms with van der Waals surface area (Å²) in [6, 6.07) is 17.2. The molecule has 0 aliphatic carbocycles. The summed E-state index contributed by atoms with van der Waals surface area (Å²) >= 11 is 1.49. The van der Waals surface area contributed by atoms with Crippen LogP contribution >= 0.6 is 11.3 Å². The predicted octanol–water partition coefficient (Wildman–Crippen LogP) is 4.42. The molecule has 0 unspecified atom stereocenters. The molecule has 146 valence electrons. The first-order valence-electron chi connectivity index (χ1n) is 9.20. The first kappa shape index (κ1) is 20.0. The van der Waals surface area contributed by atoms with Gasteiger partial charge in [0.05, 0.1) is 12.8 Å². The van der Waals surface area contributed by atoms with Gasteiger partial charge in [0.2, 0.25) is 0 Å². The number of hydrogen-bond donors (Lipinski definition) is 0. The number of rotatable bonds is 8. The van der Waals surface area contributed by atoms with Crippen molar-refractivity contribution in [3.05, 3.63) is 65.5 Å². The number of hydrogen-bond acceptors (Lipinski definition) is 5. The number of methoxy groups -OCH3 is 1. The second kappa shape index (κ2) is 9.48. The van der Waals surface area contributed by atoms with Crippen molar-refractivity contribution in [2.24, 2.45) is 0 Å². The molecule has 6 heteroatoms. The third-order valence-electron chi connectivity index (χ3n) is 4.36. The minimum atomic E-state index is -0.0185. The standard InChI is InChI=1S/C22H25N3O2S/c1-24(2)14-7-15-25(21(26)18-8-5-4-6-9-18)22-23-20(16-28-22)17-10-12-19(27-3)13-11-17/h4-6,8-13,16H,7,14-15H2,1-3H3. The third kappa shape index (κ3) is 4.97. The number of aromatic nitrogens is 1. The van der Waals surface area contributed by atoms with E-state index in [0.29, 0.717) is 12.1 Å². The van der Waals surface area contributed by atoms with Crippen molar-refractivity contribution in [2.75, 3.05) is 39.2 Å². The fourth-order valence-electron chi connectivity index (χ4n) is 2.85. The highest BCUT2D eigenvalue weighted by Crippen LogP contribution is 2.29. The molecule has 2 aromatic carbocycles. The maximum Gasteiger partial charge on any atom is 0.260 e. The Hall–Kier alpha value is -2.70. The largest absolute Gasteiger partial charge is 0.497 e. The van der Waals surface area contributed by atoms with Crippen LogP contribution in [0.15, 0.2) is 60.0 Å².